The Morgan fingerprint density at radius 2 is 2.31 bits per heavy atom. The van der Waals surface area contributed by atoms with E-state index in [4.69, 9.17) is 5.73 Å². The van der Waals surface area contributed by atoms with Crippen LogP contribution in [0.1, 0.15) is 45.2 Å². The molecule has 1 rings (SSSR count). The second kappa shape index (κ2) is 5.65. The van der Waals surface area contributed by atoms with E-state index in [-0.39, 0.29) is 5.91 Å². The van der Waals surface area contributed by atoms with Crippen molar-refractivity contribution in [3.05, 3.63) is 11.8 Å². The van der Waals surface area contributed by atoms with Crippen LogP contribution in [0.2, 0.25) is 0 Å². The van der Waals surface area contributed by atoms with Crippen LogP contribution in [0, 0.1) is 0 Å². The minimum absolute atomic E-state index is 0.177. The van der Waals surface area contributed by atoms with Gasteiger partial charge in [-0.3, -0.25) is 9.89 Å². The van der Waals surface area contributed by atoms with E-state index in [0.29, 0.717) is 18.2 Å². The molecule has 0 saturated heterocycles. The SMILES string of the molecule is CCC[C@H](N)C(=O)Nc1cc(C(C)C)[nH]n1. The molecule has 0 radical (unpaired) electrons. The van der Waals surface area contributed by atoms with Crippen LogP contribution < -0.4 is 11.1 Å². The van der Waals surface area contributed by atoms with E-state index >= 15 is 0 Å². The van der Waals surface area contributed by atoms with Crippen molar-refractivity contribution in [2.75, 3.05) is 5.32 Å². The number of aromatic nitrogens is 2. The van der Waals surface area contributed by atoms with Gasteiger partial charge in [-0.05, 0) is 12.3 Å². The standard InChI is InChI=1S/C11H20N4O/c1-4-5-8(12)11(16)13-10-6-9(7(2)3)14-15-10/h6-8H,4-5,12H2,1-3H3,(H2,13,14,15,16)/t8-/m0/s1. The number of nitrogens with zero attached hydrogens (tertiary/aromatic N) is 1. The van der Waals surface area contributed by atoms with Crippen molar-refractivity contribution in [3.63, 3.8) is 0 Å². The number of nitrogens with two attached hydrogens (primary N) is 1. The number of hydrogen-bond acceptors (Lipinski definition) is 3. The number of carbonyl (C=O) groups excluding carboxylic acids is 1. The molecule has 0 spiro atoms. The lowest BCUT2D eigenvalue weighted by Gasteiger charge is -2.08. The molecule has 0 aliphatic rings. The zero-order valence-corrected chi connectivity index (χ0v) is 10.1. The minimum Gasteiger partial charge on any atom is -0.320 e. The zero-order chi connectivity index (χ0) is 12.1. The molecule has 0 aromatic carbocycles. The highest BCUT2D eigenvalue weighted by Gasteiger charge is 2.14. The first-order valence-electron chi connectivity index (χ1n) is 5.66. The molecular weight excluding hydrogens is 204 g/mol. The Labute approximate surface area is 95.8 Å². The summed E-state index contributed by atoms with van der Waals surface area (Å²) in [6.45, 7) is 6.11. The lowest BCUT2D eigenvalue weighted by Crippen LogP contribution is -2.35. The van der Waals surface area contributed by atoms with Gasteiger partial charge in [0, 0.05) is 11.8 Å². The Balaban J connectivity index is 2.56. The first kappa shape index (κ1) is 12.7. The molecule has 0 unspecified atom stereocenters. The summed E-state index contributed by atoms with van der Waals surface area (Å²) < 4.78 is 0. The summed E-state index contributed by atoms with van der Waals surface area (Å²) in [7, 11) is 0. The van der Waals surface area contributed by atoms with E-state index in [1.54, 1.807) is 0 Å². The summed E-state index contributed by atoms with van der Waals surface area (Å²) in [4.78, 5) is 11.6. The van der Waals surface area contributed by atoms with Gasteiger partial charge in [0.25, 0.3) is 0 Å². The van der Waals surface area contributed by atoms with E-state index in [0.717, 1.165) is 12.1 Å². The van der Waals surface area contributed by atoms with Gasteiger partial charge in [0.15, 0.2) is 5.82 Å². The largest absolute Gasteiger partial charge is 0.320 e. The fraction of sp³-hybridized carbons (Fsp3) is 0.636. The van der Waals surface area contributed by atoms with Gasteiger partial charge in [0.05, 0.1) is 6.04 Å². The van der Waals surface area contributed by atoms with Gasteiger partial charge in [-0.15, -0.1) is 0 Å². The molecular formula is C11H20N4O. The molecule has 4 N–H and O–H groups in total. The molecule has 0 aliphatic carbocycles. The number of amides is 1. The van der Waals surface area contributed by atoms with E-state index in [1.807, 2.05) is 13.0 Å². The average molecular weight is 224 g/mol. The smallest absolute Gasteiger partial charge is 0.242 e. The Kier molecular flexibility index (Phi) is 4.49. The van der Waals surface area contributed by atoms with E-state index < -0.39 is 6.04 Å². The number of rotatable bonds is 5. The maximum atomic E-state index is 11.6. The number of nitrogens with one attached hydrogen (secondary N) is 2. The van der Waals surface area contributed by atoms with Crippen molar-refractivity contribution in [1.29, 1.82) is 0 Å². The molecule has 0 saturated carbocycles. The van der Waals surface area contributed by atoms with Gasteiger partial charge in [0.1, 0.15) is 0 Å². The molecule has 16 heavy (non-hydrogen) atoms. The van der Waals surface area contributed by atoms with Gasteiger partial charge in [-0.1, -0.05) is 27.2 Å². The highest BCUT2D eigenvalue weighted by atomic mass is 16.2. The maximum Gasteiger partial charge on any atom is 0.242 e. The molecule has 1 aromatic rings. The zero-order valence-electron chi connectivity index (χ0n) is 10.1. The van der Waals surface area contributed by atoms with Crippen LogP contribution in [0.15, 0.2) is 6.07 Å². The molecule has 0 fully saturated rings. The molecule has 90 valence electrons. The molecule has 1 heterocycles. The van der Waals surface area contributed by atoms with Crippen molar-refractivity contribution >= 4 is 11.7 Å². The van der Waals surface area contributed by atoms with Gasteiger partial charge >= 0.3 is 0 Å². The minimum atomic E-state index is -0.454. The van der Waals surface area contributed by atoms with Crippen LogP contribution in [0.4, 0.5) is 5.82 Å². The Hall–Kier alpha value is -1.36. The summed E-state index contributed by atoms with van der Waals surface area (Å²) in [5.74, 6) is 0.728. The number of H-pyrrole nitrogens is 1. The first-order chi connectivity index (χ1) is 7.54. The first-order valence-corrected chi connectivity index (χ1v) is 5.66. The van der Waals surface area contributed by atoms with Gasteiger partial charge in [-0.25, -0.2) is 0 Å². The molecule has 1 atom stereocenters. The van der Waals surface area contributed by atoms with Crippen LogP contribution in [-0.4, -0.2) is 22.1 Å². The third kappa shape index (κ3) is 3.34. The average Bonchev–Trinajstić information content (AvgIpc) is 2.66. The Bertz CT molecular complexity index is 346. The van der Waals surface area contributed by atoms with Crippen molar-refractivity contribution in [1.82, 2.24) is 10.2 Å². The molecule has 5 nitrogen and oxygen atoms in total. The number of aromatic amines is 1. The van der Waals surface area contributed by atoms with E-state index in [1.165, 1.54) is 0 Å². The van der Waals surface area contributed by atoms with Crippen LogP contribution in [0.25, 0.3) is 0 Å². The number of hydrogen-bond donors (Lipinski definition) is 3. The Morgan fingerprint density at radius 3 is 2.81 bits per heavy atom. The second-order valence-corrected chi connectivity index (χ2v) is 4.25. The highest BCUT2D eigenvalue weighted by molar-refractivity contribution is 5.93. The van der Waals surface area contributed by atoms with E-state index in [2.05, 4.69) is 29.4 Å². The quantitative estimate of drug-likeness (QED) is 0.710. The Morgan fingerprint density at radius 1 is 1.62 bits per heavy atom. The number of anilines is 1. The summed E-state index contributed by atoms with van der Waals surface area (Å²) in [5, 5.41) is 9.58. The molecule has 0 bridgehead atoms. The molecule has 0 aliphatic heterocycles. The molecule has 1 aromatic heterocycles. The van der Waals surface area contributed by atoms with Crippen molar-refractivity contribution in [2.45, 2.75) is 45.6 Å². The summed E-state index contributed by atoms with van der Waals surface area (Å²) in [5.41, 5.74) is 6.69. The predicted molar refractivity (Wildman–Crippen MR) is 64.2 cm³/mol. The number of carbonyl (C=O) groups is 1. The van der Waals surface area contributed by atoms with Gasteiger partial charge < -0.3 is 11.1 Å². The van der Waals surface area contributed by atoms with Crippen molar-refractivity contribution in [2.24, 2.45) is 5.73 Å². The monoisotopic (exact) mass is 224 g/mol. The lowest BCUT2D eigenvalue weighted by molar-refractivity contribution is -0.117. The van der Waals surface area contributed by atoms with Gasteiger partial charge in [0.2, 0.25) is 5.91 Å². The maximum absolute atomic E-state index is 11.6. The second-order valence-electron chi connectivity index (χ2n) is 4.25. The van der Waals surface area contributed by atoms with E-state index in [9.17, 15) is 4.79 Å². The van der Waals surface area contributed by atoms with Crippen LogP contribution in [0.3, 0.4) is 0 Å². The predicted octanol–water partition coefficient (Wildman–Crippen LogP) is 1.60. The van der Waals surface area contributed by atoms with Crippen LogP contribution in [0.5, 0.6) is 0 Å². The van der Waals surface area contributed by atoms with Crippen LogP contribution >= 0.6 is 0 Å². The lowest BCUT2D eigenvalue weighted by atomic mass is 10.1. The molecule has 5 heteroatoms. The third-order valence-electron chi connectivity index (χ3n) is 2.41. The summed E-state index contributed by atoms with van der Waals surface area (Å²) in [6.07, 6.45) is 1.58. The fourth-order valence-electron chi connectivity index (χ4n) is 1.36. The highest BCUT2D eigenvalue weighted by Crippen LogP contribution is 2.14. The third-order valence-corrected chi connectivity index (χ3v) is 2.41. The van der Waals surface area contributed by atoms with Gasteiger partial charge in [-0.2, -0.15) is 5.10 Å². The topological polar surface area (TPSA) is 83.8 Å². The van der Waals surface area contributed by atoms with Crippen LogP contribution in [-0.2, 0) is 4.79 Å². The van der Waals surface area contributed by atoms with Crippen molar-refractivity contribution < 1.29 is 4.79 Å². The summed E-state index contributed by atoms with van der Waals surface area (Å²) in [6, 6.07) is 1.38. The van der Waals surface area contributed by atoms with Crippen molar-refractivity contribution in [3.8, 4) is 0 Å². The molecule has 1 amide bonds. The fourth-order valence-corrected chi connectivity index (χ4v) is 1.36. The summed E-state index contributed by atoms with van der Waals surface area (Å²) >= 11 is 0. The normalized spacial score (nSPS) is 12.8.